The Bertz CT molecular complexity index is 899. The number of ether oxygens (including phenoxy) is 2. The molecule has 12 heteroatoms. The summed E-state index contributed by atoms with van der Waals surface area (Å²) >= 11 is 3.64. The number of fused-ring (bicyclic) bond motifs is 1. The molecule has 1 amide bonds. The zero-order valence-electron chi connectivity index (χ0n) is 17.7. The van der Waals surface area contributed by atoms with Crippen molar-refractivity contribution in [3.05, 3.63) is 16.1 Å². The lowest BCUT2D eigenvalue weighted by molar-refractivity contribution is -0.179. The van der Waals surface area contributed by atoms with Gasteiger partial charge in [-0.15, -0.1) is 23.1 Å². The SMILES string of the molecule is Cc1cnc(C(=O)SCC2(C(=O)OCOC(=O)C(C)(C)C)CS[C@@H]3C(N)C(=O)N3C2)s1. The number of hydrogen-bond donors (Lipinski definition) is 1. The van der Waals surface area contributed by atoms with Crippen LogP contribution in [0.25, 0.3) is 0 Å². The van der Waals surface area contributed by atoms with Crippen LogP contribution in [0, 0.1) is 17.8 Å². The van der Waals surface area contributed by atoms with Crippen LogP contribution in [-0.4, -0.2) is 69.1 Å². The van der Waals surface area contributed by atoms with Gasteiger partial charge in [0.05, 0.1) is 5.41 Å². The molecular formula is C19H25N3O6S3. The van der Waals surface area contributed by atoms with Gasteiger partial charge in [-0.3, -0.25) is 19.2 Å². The summed E-state index contributed by atoms with van der Waals surface area (Å²) in [4.78, 5) is 56.2. The van der Waals surface area contributed by atoms with E-state index in [-0.39, 0.29) is 28.7 Å². The van der Waals surface area contributed by atoms with Gasteiger partial charge in [0.1, 0.15) is 16.8 Å². The minimum absolute atomic E-state index is 0.0976. The largest absolute Gasteiger partial charge is 0.427 e. The van der Waals surface area contributed by atoms with Crippen LogP contribution in [0.15, 0.2) is 6.20 Å². The molecule has 1 aromatic heterocycles. The molecule has 2 aliphatic heterocycles. The van der Waals surface area contributed by atoms with Crippen molar-refractivity contribution in [3.8, 4) is 0 Å². The average Bonchev–Trinajstić information content (AvgIpc) is 3.16. The third-order valence-corrected chi connectivity index (χ3v) is 8.69. The first-order valence-electron chi connectivity index (χ1n) is 9.56. The van der Waals surface area contributed by atoms with Crippen molar-refractivity contribution < 1.29 is 28.7 Å². The molecule has 3 heterocycles. The highest BCUT2D eigenvalue weighted by molar-refractivity contribution is 8.14. The number of amides is 1. The normalized spacial score (nSPS) is 25.5. The van der Waals surface area contributed by atoms with E-state index in [1.165, 1.54) is 23.1 Å². The Morgan fingerprint density at radius 1 is 1.35 bits per heavy atom. The molecule has 2 N–H and O–H groups in total. The van der Waals surface area contributed by atoms with Crippen molar-refractivity contribution in [1.82, 2.24) is 9.88 Å². The molecule has 0 spiro atoms. The summed E-state index contributed by atoms with van der Waals surface area (Å²) in [5.74, 6) is -0.919. The van der Waals surface area contributed by atoms with Gasteiger partial charge in [0.25, 0.3) is 0 Å². The molecule has 1 aromatic rings. The summed E-state index contributed by atoms with van der Waals surface area (Å²) in [6.45, 7) is 6.50. The first-order valence-corrected chi connectivity index (χ1v) is 12.4. The van der Waals surface area contributed by atoms with E-state index in [1.807, 2.05) is 6.92 Å². The van der Waals surface area contributed by atoms with E-state index in [2.05, 4.69) is 4.98 Å². The maximum Gasteiger partial charge on any atom is 0.318 e. The fourth-order valence-corrected chi connectivity index (χ4v) is 6.43. The molecule has 170 valence electrons. The number of aromatic nitrogens is 1. The zero-order valence-corrected chi connectivity index (χ0v) is 20.2. The number of nitrogens with zero attached hydrogens (tertiary/aromatic N) is 2. The number of aryl methyl sites for hydroxylation is 1. The molecule has 3 rings (SSSR count). The van der Waals surface area contributed by atoms with Gasteiger partial charge in [-0.05, 0) is 27.7 Å². The van der Waals surface area contributed by atoms with Crippen LogP contribution in [0.4, 0.5) is 0 Å². The van der Waals surface area contributed by atoms with E-state index in [0.29, 0.717) is 10.8 Å². The van der Waals surface area contributed by atoms with E-state index in [4.69, 9.17) is 15.2 Å². The monoisotopic (exact) mass is 487 g/mol. The van der Waals surface area contributed by atoms with E-state index in [9.17, 15) is 19.2 Å². The van der Waals surface area contributed by atoms with Gasteiger partial charge in [0, 0.05) is 29.1 Å². The number of carbonyl (C=O) groups is 4. The standard InChI is InChI=1S/C19H25N3O6S3/c1-10-5-21-12(31-10)15(24)30-8-19(6-22-13(23)11(20)14(22)29-7-19)17(26)28-9-27-16(25)18(2,3)4/h5,11,14H,6-9,20H2,1-4H3/t11?,14-,19?/m1/s1. The lowest BCUT2D eigenvalue weighted by Gasteiger charge is -2.53. The second-order valence-electron chi connectivity index (χ2n) is 8.56. The summed E-state index contributed by atoms with van der Waals surface area (Å²) in [5.41, 5.74) is 3.99. The van der Waals surface area contributed by atoms with E-state index in [0.717, 1.165) is 16.6 Å². The number of β-lactam (4-membered cyclic amide) rings is 1. The molecule has 2 unspecified atom stereocenters. The van der Waals surface area contributed by atoms with Crippen LogP contribution < -0.4 is 5.73 Å². The molecule has 0 bridgehead atoms. The summed E-state index contributed by atoms with van der Waals surface area (Å²) in [6.07, 6.45) is 1.62. The smallest absolute Gasteiger partial charge is 0.318 e. The predicted molar refractivity (Wildman–Crippen MR) is 119 cm³/mol. The molecule has 0 radical (unpaired) electrons. The van der Waals surface area contributed by atoms with Crippen molar-refractivity contribution in [2.24, 2.45) is 16.6 Å². The lowest BCUT2D eigenvalue weighted by atomic mass is 9.89. The Hall–Kier alpha value is -1.63. The van der Waals surface area contributed by atoms with Gasteiger partial charge >= 0.3 is 11.9 Å². The molecule has 9 nitrogen and oxygen atoms in total. The van der Waals surface area contributed by atoms with Gasteiger partial charge in [-0.25, -0.2) is 4.98 Å². The van der Waals surface area contributed by atoms with Crippen molar-refractivity contribution in [2.45, 2.75) is 39.1 Å². The van der Waals surface area contributed by atoms with Crippen LogP contribution >= 0.6 is 34.9 Å². The highest BCUT2D eigenvalue weighted by atomic mass is 32.2. The number of rotatable bonds is 6. The molecule has 2 aliphatic rings. The molecule has 31 heavy (non-hydrogen) atoms. The molecule has 2 fully saturated rings. The first-order chi connectivity index (χ1) is 14.4. The highest BCUT2D eigenvalue weighted by Gasteiger charge is 2.56. The van der Waals surface area contributed by atoms with Crippen LogP contribution in [0.5, 0.6) is 0 Å². The van der Waals surface area contributed by atoms with Gasteiger partial charge < -0.3 is 20.1 Å². The Morgan fingerprint density at radius 2 is 2.06 bits per heavy atom. The number of esters is 2. The van der Waals surface area contributed by atoms with Crippen LogP contribution in [0.1, 0.15) is 35.5 Å². The number of thioether (sulfide) groups is 2. The number of hydrogen-bond acceptors (Lipinski definition) is 11. The number of nitrogens with two attached hydrogens (primary N) is 1. The highest BCUT2D eigenvalue weighted by Crippen LogP contribution is 2.44. The molecule has 0 saturated carbocycles. The maximum absolute atomic E-state index is 13.0. The zero-order chi connectivity index (χ0) is 23.0. The van der Waals surface area contributed by atoms with Crippen LogP contribution in [-0.2, 0) is 23.9 Å². The molecule has 0 aliphatic carbocycles. The van der Waals surface area contributed by atoms with Crippen LogP contribution in [0.3, 0.4) is 0 Å². The van der Waals surface area contributed by atoms with E-state index < -0.39 is 35.6 Å². The fourth-order valence-electron chi connectivity index (χ4n) is 3.02. The minimum atomic E-state index is -1.13. The third-order valence-electron chi connectivity index (χ3n) is 4.89. The first kappa shape index (κ1) is 24.0. The second-order valence-corrected chi connectivity index (χ2v) is 11.8. The van der Waals surface area contributed by atoms with Crippen molar-refractivity contribution in [3.63, 3.8) is 0 Å². The second kappa shape index (κ2) is 9.08. The minimum Gasteiger partial charge on any atom is -0.427 e. The summed E-state index contributed by atoms with van der Waals surface area (Å²) in [6, 6.07) is -0.584. The molecule has 0 aromatic carbocycles. The van der Waals surface area contributed by atoms with Gasteiger partial charge in [0.2, 0.25) is 17.8 Å². The third kappa shape index (κ3) is 5.07. The average molecular weight is 488 g/mol. The van der Waals surface area contributed by atoms with Crippen molar-refractivity contribution >= 4 is 57.8 Å². The van der Waals surface area contributed by atoms with Crippen molar-refractivity contribution in [1.29, 1.82) is 0 Å². The van der Waals surface area contributed by atoms with E-state index in [1.54, 1.807) is 31.9 Å². The molecule has 3 atom stereocenters. The van der Waals surface area contributed by atoms with E-state index >= 15 is 0 Å². The Kier molecular flexibility index (Phi) is 7.04. The Balaban J connectivity index is 1.68. The molecular weight excluding hydrogens is 462 g/mol. The predicted octanol–water partition coefficient (Wildman–Crippen LogP) is 1.64. The fraction of sp³-hybridized carbons (Fsp3) is 0.632. The lowest BCUT2D eigenvalue weighted by Crippen LogP contribution is -2.72. The summed E-state index contributed by atoms with van der Waals surface area (Å²) in [7, 11) is 0. The maximum atomic E-state index is 13.0. The Morgan fingerprint density at radius 3 is 2.68 bits per heavy atom. The molecule has 2 saturated heterocycles. The summed E-state index contributed by atoms with van der Waals surface area (Å²) < 4.78 is 10.3. The van der Waals surface area contributed by atoms with Crippen LogP contribution in [0.2, 0.25) is 0 Å². The number of carbonyl (C=O) groups excluding carboxylic acids is 4. The quantitative estimate of drug-likeness (QED) is 0.359. The van der Waals surface area contributed by atoms with Gasteiger partial charge in [-0.2, -0.15) is 0 Å². The topological polar surface area (TPSA) is 129 Å². The summed E-state index contributed by atoms with van der Waals surface area (Å²) in [5, 5.41) is -0.0776. The Labute approximate surface area is 192 Å². The van der Waals surface area contributed by atoms with Gasteiger partial charge in [-0.1, -0.05) is 11.8 Å². The number of thiazole rings is 1. The van der Waals surface area contributed by atoms with Gasteiger partial charge in [0.15, 0.2) is 5.01 Å². The van der Waals surface area contributed by atoms with Crippen molar-refractivity contribution in [2.75, 3.05) is 24.8 Å².